The lowest BCUT2D eigenvalue weighted by molar-refractivity contribution is 0.0691. The van der Waals surface area contributed by atoms with Crippen LogP contribution in [0.5, 0.6) is 5.75 Å². The average Bonchev–Trinajstić information content (AvgIpc) is 2.71. The quantitative estimate of drug-likeness (QED) is 0.804. The number of rotatable bonds is 3. The molecule has 2 heterocycles. The van der Waals surface area contributed by atoms with E-state index in [1.165, 1.54) is 24.2 Å². The van der Waals surface area contributed by atoms with E-state index in [1.807, 2.05) is 0 Å². The molecule has 0 amide bonds. The van der Waals surface area contributed by atoms with Crippen LogP contribution in [0.15, 0.2) is 24.5 Å². The molecule has 3 N–H and O–H groups in total. The molecular weight excluding hydrogens is 224 g/mol. The predicted octanol–water partition coefficient (Wildman–Crippen LogP) is 0.556. The van der Waals surface area contributed by atoms with Gasteiger partial charge in [0.2, 0.25) is 0 Å². The van der Waals surface area contributed by atoms with Gasteiger partial charge < -0.3 is 15.6 Å². The number of hydrogen-bond donors (Lipinski definition) is 2. The zero-order valence-electron chi connectivity index (χ0n) is 8.99. The van der Waals surface area contributed by atoms with Gasteiger partial charge in [0.05, 0.1) is 25.2 Å². The molecule has 0 saturated heterocycles. The predicted molar refractivity (Wildman–Crippen MR) is 59.3 cm³/mol. The lowest BCUT2D eigenvalue weighted by Crippen LogP contribution is -2.03. The summed E-state index contributed by atoms with van der Waals surface area (Å²) < 4.78 is 6.27. The van der Waals surface area contributed by atoms with Crippen molar-refractivity contribution in [3.8, 4) is 11.6 Å². The van der Waals surface area contributed by atoms with Crippen LogP contribution in [0.2, 0.25) is 0 Å². The minimum atomic E-state index is -1.17. The van der Waals surface area contributed by atoms with Gasteiger partial charge in [-0.15, -0.1) is 0 Å². The van der Waals surface area contributed by atoms with E-state index < -0.39 is 5.97 Å². The highest BCUT2D eigenvalue weighted by molar-refractivity contribution is 5.91. The molecule has 0 aliphatic rings. The number of carbonyl (C=O) groups is 1. The highest BCUT2D eigenvalue weighted by atomic mass is 16.5. The van der Waals surface area contributed by atoms with Gasteiger partial charge >= 0.3 is 5.97 Å². The van der Waals surface area contributed by atoms with Gasteiger partial charge in [0.1, 0.15) is 5.75 Å². The van der Waals surface area contributed by atoms with Gasteiger partial charge in [-0.3, -0.25) is 0 Å². The van der Waals surface area contributed by atoms with Crippen LogP contribution in [0.3, 0.4) is 0 Å². The molecule has 7 heteroatoms. The first-order chi connectivity index (χ1) is 8.11. The van der Waals surface area contributed by atoms with Crippen LogP contribution >= 0.6 is 0 Å². The van der Waals surface area contributed by atoms with Gasteiger partial charge in [-0.1, -0.05) is 0 Å². The van der Waals surface area contributed by atoms with E-state index in [-0.39, 0.29) is 11.4 Å². The van der Waals surface area contributed by atoms with E-state index in [2.05, 4.69) is 10.1 Å². The zero-order chi connectivity index (χ0) is 12.4. The molecule has 0 radical (unpaired) electrons. The molecule has 2 rings (SSSR count). The smallest absolute Gasteiger partial charge is 0.358 e. The Kier molecular flexibility index (Phi) is 2.65. The molecule has 7 nitrogen and oxygen atoms in total. The lowest BCUT2D eigenvalue weighted by atomic mass is 10.4. The summed E-state index contributed by atoms with van der Waals surface area (Å²) in [7, 11) is 1.53. The molecule has 0 fully saturated rings. The average molecular weight is 234 g/mol. The van der Waals surface area contributed by atoms with Gasteiger partial charge in [-0.05, 0) is 12.1 Å². The highest BCUT2D eigenvalue weighted by Crippen LogP contribution is 2.15. The third kappa shape index (κ3) is 2.03. The number of aromatic carboxylic acids is 1. The van der Waals surface area contributed by atoms with Gasteiger partial charge in [0, 0.05) is 0 Å². The van der Waals surface area contributed by atoms with Crippen LogP contribution < -0.4 is 10.5 Å². The first-order valence-electron chi connectivity index (χ1n) is 4.70. The maximum atomic E-state index is 10.8. The minimum Gasteiger partial charge on any atom is -0.495 e. The number of carboxylic acid groups (broad SMARTS) is 1. The van der Waals surface area contributed by atoms with Crippen molar-refractivity contribution in [3.63, 3.8) is 0 Å². The van der Waals surface area contributed by atoms with E-state index in [4.69, 9.17) is 15.6 Å². The monoisotopic (exact) mass is 234 g/mol. The van der Waals surface area contributed by atoms with Crippen molar-refractivity contribution in [2.24, 2.45) is 0 Å². The topological polar surface area (TPSA) is 103 Å². The Bertz CT molecular complexity index is 547. The van der Waals surface area contributed by atoms with Crippen LogP contribution in [-0.2, 0) is 0 Å². The van der Waals surface area contributed by atoms with Gasteiger partial charge in [-0.2, -0.15) is 5.10 Å². The molecule has 0 unspecified atom stereocenters. The number of nitrogens with zero attached hydrogens (tertiary/aromatic N) is 3. The second kappa shape index (κ2) is 4.12. The normalized spacial score (nSPS) is 10.2. The van der Waals surface area contributed by atoms with Gasteiger partial charge in [0.15, 0.2) is 11.5 Å². The SMILES string of the molecule is COc1ccc(-n2cc(N)c(C(=O)O)n2)nc1. The fourth-order valence-corrected chi connectivity index (χ4v) is 1.30. The third-order valence-corrected chi connectivity index (χ3v) is 2.14. The molecular formula is C10H10N4O3. The summed E-state index contributed by atoms with van der Waals surface area (Å²) in [5, 5.41) is 12.6. The van der Waals surface area contributed by atoms with E-state index in [9.17, 15) is 4.79 Å². The molecule has 17 heavy (non-hydrogen) atoms. The largest absolute Gasteiger partial charge is 0.495 e. The van der Waals surface area contributed by atoms with Crippen molar-refractivity contribution in [2.75, 3.05) is 12.8 Å². The molecule has 88 valence electrons. The van der Waals surface area contributed by atoms with Crippen LogP contribution in [0.25, 0.3) is 5.82 Å². The molecule has 0 aliphatic heterocycles. The molecule has 0 aliphatic carbocycles. The number of methoxy groups -OCH3 is 1. The van der Waals surface area contributed by atoms with E-state index >= 15 is 0 Å². The highest BCUT2D eigenvalue weighted by Gasteiger charge is 2.14. The molecule has 0 aromatic carbocycles. The first-order valence-corrected chi connectivity index (χ1v) is 4.70. The number of anilines is 1. The molecule has 0 bridgehead atoms. The van der Waals surface area contributed by atoms with E-state index in [0.29, 0.717) is 11.6 Å². The van der Waals surface area contributed by atoms with Gasteiger partial charge in [0.25, 0.3) is 0 Å². The van der Waals surface area contributed by atoms with Crippen LogP contribution in [0, 0.1) is 0 Å². The second-order valence-corrected chi connectivity index (χ2v) is 3.24. The van der Waals surface area contributed by atoms with Crippen molar-refractivity contribution >= 4 is 11.7 Å². The number of carboxylic acids is 1. The lowest BCUT2D eigenvalue weighted by Gasteiger charge is -2.01. The van der Waals surface area contributed by atoms with Crippen molar-refractivity contribution in [1.82, 2.24) is 14.8 Å². The van der Waals surface area contributed by atoms with Crippen LogP contribution in [0.4, 0.5) is 5.69 Å². The summed E-state index contributed by atoms with van der Waals surface area (Å²) in [6.45, 7) is 0. The summed E-state index contributed by atoms with van der Waals surface area (Å²) in [6.07, 6.45) is 2.91. The Labute approximate surface area is 96.5 Å². The Morgan fingerprint density at radius 1 is 1.53 bits per heavy atom. The van der Waals surface area contributed by atoms with Crippen molar-refractivity contribution in [2.45, 2.75) is 0 Å². The fraction of sp³-hybridized carbons (Fsp3) is 0.100. The summed E-state index contributed by atoms with van der Waals surface area (Å²) in [6, 6.07) is 3.34. The summed E-state index contributed by atoms with van der Waals surface area (Å²) in [5.74, 6) is -0.105. The number of ether oxygens (including phenoxy) is 1. The standard InChI is InChI=1S/C10H10N4O3/c1-17-6-2-3-8(12-4-6)14-5-7(11)9(13-14)10(15)16/h2-5H,11H2,1H3,(H,15,16). The number of hydrogen-bond acceptors (Lipinski definition) is 5. The van der Waals surface area contributed by atoms with Crippen molar-refractivity contribution in [1.29, 1.82) is 0 Å². The molecule has 2 aromatic rings. The first kappa shape index (κ1) is 10.9. The van der Waals surface area contributed by atoms with Crippen molar-refractivity contribution < 1.29 is 14.6 Å². The Hall–Kier alpha value is -2.57. The summed E-state index contributed by atoms with van der Waals surface area (Å²) in [5.41, 5.74) is 5.42. The number of aromatic nitrogens is 3. The maximum Gasteiger partial charge on any atom is 0.358 e. The summed E-state index contributed by atoms with van der Waals surface area (Å²) >= 11 is 0. The van der Waals surface area contributed by atoms with Gasteiger partial charge in [-0.25, -0.2) is 14.5 Å². The second-order valence-electron chi connectivity index (χ2n) is 3.24. The Balaban J connectivity index is 2.39. The van der Waals surface area contributed by atoms with Crippen LogP contribution in [-0.4, -0.2) is 33.0 Å². The van der Waals surface area contributed by atoms with E-state index in [1.54, 1.807) is 12.1 Å². The number of pyridine rings is 1. The number of nitrogen functional groups attached to an aromatic ring is 1. The Morgan fingerprint density at radius 3 is 2.76 bits per heavy atom. The molecule has 0 spiro atoms. The molecule has 2 aromatic heterocycles. The van der Waals surface area contributed by atoms with E-state index in [0.717, 1.165) is 0 Å². The fourth-order valence-electron chi connectivity index (χ4n) is 1.30. The maximum absolute atomic E-state index is 10.8. The van der Waals surface area contributed by atoms with Crippen LogP contribution in [0.1, 0.15) is 10.5 Å². The Morgan fingerprint density at radius 2 is 2.29 bits per heavy atom. The molecule has 0 atom stereocenters. The zero-order valence-corrected chi connectivity index (χ0v) is 8.99. The summed E-state index contributed by atoms with van der Waals surface area (Å²) in [4.78, 5) is 14.8. The minimum absolute atomic E-state index is 0.0927. The van der Waals surface area contributed by atoms with Crippen molar-refractivity contribution in [3.05, 3.63) is 30.2 Å². The third-order valence-electron chi connectivity index (χ3n) is 2.14. The molecule has 0 saturated carbocycles. The number of nitrogens with two attached hydrogens (primary N) is 1.